The number of rotatable bonds is 12. The summed E-state index contributed by atoms with van der Waals surface area (Å²) in [6, 6.07) is 3.56. The molecule has 0 bridgehead atoms. The van der Waals surface area contributed by atoms with Gasteiger partial charge in [-0.2, -0.15) is 0 Å². The first-order valence-corrected chi connectivity index (χ1v) is 9.82. The molecule has 1 aromatic rings. The summed E-state index contributed by atoms with van der Waals surface area (Å²) >= 11 is 0. The smallest absolute Gasteiger partial charge is 0.325 e. The molecule has 0 saturated heterocycles. The third-order valence-electron chi connectivity index (χ3n) is 4.47. The van der Waals surface area contributed by atoms with Crippen LogP contribution in [0.4, 0.5) is 0 Å². The van der Waals surface area contributed by atoms with E-state index < -0.39 is 66.3 Å². The first-order chi connectivity index (χ1) is 14.9. The first kappa shape index (κ1) is 26.5. The van der Waals surface area contributed by atoms with Crippen LogP contribution in [0.1, 0.15) is 25.8 Å². The van der Waals surface area contributed by atoms with Gasteiger partial charge in [-0.3, -0.25) is 24.0 Å². The molecular weight excluding hydrogens is 422 g/mol. The maximum atomic E-state index is 12.7. The van der Waals surface area contributed by atoms with E-state index in [0.29, 0.717) is 0 Å². The van der Waals surface area contributed by atoms with Gasteiger partial charge in [-0.25, -0.2) is 0 Å². The van der Waals surface area contributed by atoms with Crippen LogP contribution in [0.3, 0.4) is 0 Å². The normalized spacial score (nSPS) is 15.4. The lowest BCUT2D eigenvalue weighted by atomic mass is 10.0. The van der Waals surface area contributed by atoms with E-state index in [9.17, 15) is 29.1 Å². The van der Waals surface area contributed by atoms with E-state index in [1.165, 1.54) is 13.8 Å². The number of hydrogen-bond acceptors (Lipinski definition) is 7. The second kappa shape index (κ2) is 12.4. The molecule has 0 heterocycles. The van der Waals surface area contributed by atoms with E-state index in [-0.39, 0.29) is 6.42 Å². The Bertz CT molecular complexity index is 831. The summed E-state index contributed by atoms with van der Waals surface area (Å²) in [6.07, 6.45) is -1.83. The molecule has 0 aliphatic rings. The zero-order valence-corrected chi connectivity index (χ0v) is 17.8. The van der Waals surface area contributed by atoms with Crippen LogP contribution in [0.15, 0.2) is 30.3 Å². The topological polar surface area (TPSA) is 214 Å². The molecule has 12 nitrogen and oxygen atoms in total. The van der Waals surface area contributed by atoms with Crippen molar-refractivity contribution < 1.29 is 34.2 Å². The van der Waals surface area contributed by atoms with Crippen molar-refractivity contribution in [2.24, 2.45) is 11.5 Å². The first-order valence-electron chi connectivity index (χ1n) is 9.82. The van der Waals surface area contributed by atoms with E-state index in [1.807, 2.05) is 0 Å². The van der Waals surface area contributed by atoms with Crippen molar-refractivity contribution in [3.8, 4) is 0 Å². The molecule has 32 heavy (non-hydrogen) atoms. The Kier molecular flexibility index (Phi) is 10.3. The van der Waals surface area contributed by atoms with Gasteiger partial charge >= 0.3 is 5.97 Å². The predicted molar refractivity (Wildman–Crippen MR) is 113 cm³/mol. The van der Waals surface area contributed by atoms with Crippen LogP contribution in [-0.4, -0.2) is 70.1 Å². The molecule has 0 spiro atoms. The third kappa shape index (κ3) is 8.70. The van der Waals surface area contributed by atoms with Crippen molar-refractivity contribution in [3.63, 3.8) is 0 Å². The van der Waals surface area contributed by atoms with Gasteiger partial charge in [0.1, 0.15) is 18.1 Å². The number of aliphatic carboxylic acids is 1. The van der Waals surface area contributed by atoms with Crippen molar-refractivity contribution in [1.82, 2.24) is 16.0 Å². The van der Waals surface area contributed by atoms with E-state index in [1.54, 1.807) is 30.3 Å². The van der Waals surface area contributed by atoms with E-state index >= 15 is 0 Å². The number of nitrogens with one attached hydrogen (secondary N) is 3. The fourth-order valence-corrected chi connectivity index (χ4v) is 2.67. The number of carbonyl (C=O) groups excluding carboxylic acids is 4. The lowest BCUT2D eigenvalue weighted by molar-refractivity contribution is -0.142. The maximum absolute atomic E-state index is 12.7. The van der Waals surface area contributed by atoms with E-state index in [0.717, 1.165) is 5.56 Å². The summed E-state index contributed by atoms with van der Waals surface area (Å²) in [5.74, 6) is -4.89. The van der Waals surface area contributed by atoms with Gasteiger partial charge in [0.05, 0.1) is 18.6 Å². The van der Waals surface area contributed by atoms with Crippen molar-refractivity contribution in [3.05, 3.63) is 35.9 Å². The molecule has 0 saturated carbocycles. The molecule has 0 aromatic heterocycles. The van der Waals surface area contributed by atoms with Crippen molar-refractivity contribution in [2.75, 3.05) is 0 Å². The molecule has 0 fully saturated rings. The van der Waals surface area contributed by atoms with Gasteiger partial charge in [0.25, 0.3) is 0 Å². The number of aliphatic hydroxyl groups is 1. The molecular formula is C20H29N5O7. The summed E-state index contributed by atoms with van der Waals surface area (Å²) < 4.78 is 0. The van der Waals surface area contributed by atoms with Crippen LogP contribution >= 0.6 is 0 Å². The zero-order chi connectivity index (χ0) is 24.4. The Balaban J connectivity index is 2.88. The third-order valence-corrected chi connectivity index (χ3v) is 4.47. The molecule has 0 aliphatic heterocycles. The second-order valence-electron chi connectivity index (χ2n) is 7.32. The molecule has 12 heteroatoms. The second-order valence-corrected chi connectivity index (χ2v) is 7.32. The highest BCUT2D eigenvalue weighted by Crippen LogP contribution is 2.04. The minimum atomic E-state index is -1.55. The van der Waals surface area contributed by atoms with Gasteiger partial charge < -0.3 is 37.6 Å². The van der Waals surface area contributed by atoms with Crippen LogP contribution in [0.25, 0.3) is 0 Å². The van der Waals surface area contributed by atoms with Gasteiger partial charge in [-0.15, -0.1) is 0 Å². The SMILES string of the molecule is CC(NC(=O)C(NC(=O)C(CC(N)=O)NC(=O)C(N)Cc1ccccc1)C(C)O)C(=O)O. The molecule has 5 atom stereocenters. The van der Waals surface area contributed by atoms with Crippen LogP contribution in [-0.2, 0) is 30.4 Å². The quantitative estimate of drug-likeness (QED) is 0.178. The Hall–Kier alpha value is -3.51. The number of carboxylic acids is 1. The molecule has 1 rings (SSSR count). The summed E-state index contributed by atoms with van der Waals surface area (Å²) in [6.45, 7) is 2.40. The number of nitrogens with two attached hydrogens (primary N) is 2. The molecule has 0 radical (unpaired) electrons. The predicted octanol–water partition coefficient (Wildman–Crippen LogP) is -2.63. The molecule has 1 aromatic carbocycles. The standard InChI is InChI=1S/C20H29N5O7/c1-10(20(31)32)23-19(30)16(11(2)26)25-18(29)14(9-15(22)27)24-17(28)13(21)8-12-6-4-3-5-7-12/h3-7,10-11,13-14,16,26H,8-9,21H2,1-2H3,(H2,22,27)(H,23,30)(H,24,28)(H,25,29)(H,31,32). The summed E-state index contributed by atoms with van der Waals surface area (Å²) in [7, 11) is 0. The Labute approximate surface area is 184 Å². The molecule has 4 amide bonds. The van der Waals surface area contributed by atoms with Crippen molar-refractivity contribution >= 4 is 29.6 Å². The Morgan fingerprint density at radius 1 is 0.938 bits per heavy atom. The van der Waals surface area contributed by atoms with Crippen molar-refractivity contribution in [2.45, 2.75) is 57.0 Å². The Morgan fingerprint density at radius 2 is 1.53 bits per heavy atom. The number of carbonyl (C=O) groups is 5. The van der Waals surface area contributed by atoms with Gasteiger partial charge in [0.15, 0.2) is 0 Å². The monoisotopic (exact) mass is 451 g/mol. The molecule has 0 aliphatic carbocycles. The largest absolute Gasteiger partial charge is 0.480 e. The summed E-state index contributed by atoms with van der Waals surface area (Å²) in [5.41, 5.74) is 11.8. The van der Waals surface area contributed by atoms with Crippen LogP contribution < -0.4 is 27.4 Å². The van der Waals surface area contributed by atoms with Crippen molar-refractivity contribution in [1.29, 1.82) is 0 Å². The fourth-order valence-electron chi connectivity index (χ4n) is 2.67. The lowest BCUT2D eigenvalue weighted by Crippen LogP contribution is -2.60. The summed E-state index contributed by atoms with van der Waals surface area (Å²) in [5, 5.41) is 25.4. The Morgan fingerprint density at radius 3 is 2.03 bits per heavy atom. The molecule has 9 N–H and O–H groups in total. The number of benzene rings is 1. The highest BCUT2D eigenvalue weighted by Gasteiger charge is 2.32. The minimum absolute atomic E-state index is 0.170. The molecule has 5 unspecified atom stereocenters. The summed E-state index contributed by atoms with van der Waals surface area (Å²) in [4.78, 5) is 59.7. The zero-order valence-electron chi connectivity index (χ0n) is 17.8. The van der Waals surface area contributed by atoms with E-state index in [2.05, 4.69) is 16.0 Å². The van der Waals surface area contributed by atoms with Crippen LogP contribution in [0, 0.1) is 0 Å². The van der Waals surface area contributed by atoms with E-state index in [4.69, 9.17) is 16.6 Å². The van der Waals surface area contributed by atoms with Crippen LogP contribution in [0.5, 0.6) is 0 Å². The average Bonchev–Trinajstić information content (AvgIpc) is 2.71. The van der Waals surface area contributed by atoms with Gasteiger partial charge in [0.2, 0.25) is 23.6 Å². The van der Waals surface area contributed by atoms with Gasteiger partial charge in [-0.05, 0) is 25.8 Å². The minimum Gasteiger partial charge on any atom is -0.480 e. The number of primary amides is 1. The van der Waals surface area contributed by atoms with Gasteiger partial charge in [-0.1, -0.05) is 30.3 Å². The maximum Gasteiger partial charge on any atom is 0.325 e. The van der Waals surface area contributed by atoms with Gasteiger partial charge in [0, 0.05) is 0 Å². The highest BCUT2D eigenvalue weighted by molar-refractivity contribution is 5.96. The fraction of sp³-hybridized carbons (Fsp3) is 0.450. The van der Waals surface area contributed by atoms with Crippen LogP contribution in [0.2, 0.25) is 0 Å². The highest BCUT2D eigenvalue weighted by atomic mass is 16.4. The lowest BCUT2D eigenvalue weighted by Gasteiger charge is -2.25. The number of carboxylic acid groups (broad SMARTS) is 1. The number of aliphatic hydroxyl groups excluding tert-OH is 1. The number of hydrogen-bond donors (Lipinski definition) is 7. The molecule has 176 valence electrons. The number of amides is 4. The average molecular weight is 451 g/mol.